The van der Waals surface area contributed by atoms with Crippen LogP contribution in [0, 0.1) is 11.8 Å². The van der Waals surface area contributed by atoms with Gasteiger partial charge in [0.05, 0.1) is 17.5 Å². The molecule has 1 fully saturated rings. The molecule has 4 nitrogen and oxygen atoms in total. The third-order valence-electron chi connectivity index (χ3n) is 2.69. The molecule has 1 aliphatic rings. The summed E-state index contributed by atoms with van der Waals surface area (Å²) in [7, 11) is 1.79. The van der Waals surface area contributed by atoms with Crippen LogP contribution in [-0.2, 0) is 9.53 Å². The summed E-state index contributed by atoms with van der Waals surface area (Å²) < 4.78 is 5.18. The maximum Gasteiger partial charge on any atom is 0.227 e. The fourth-order valence-corrected chi connectivity index (χ4v) is 1.71. The van der Waals surface area contributed by atoms with Gasteiger partial charge in [0.1, 0.15) is 0 Å². The summed E-state index contributed by atoms with van der Waals surface area (Å²) in [6.07, 6.45) is 0.824. The molecule has 0 aromatic carbocycles. The lowest BCUT2D eigenvalue weighted by molar-refractivity contribution is -0.134. The second-order valence-electron chi connectivity index (χ2n) is 4.08. The molecule has 2 N–H and O–H groups in total. The third kappa shape index (κ3) is 3.43. The van der Waals surface area contributed by atoms with Crippen molar-refractivity contribution in [3.05, 3.63) is 0 Å². The van der Waals surface area contributed by atoms with Gasteiger partial charge < -0.3 is 15.4 Å². The quantitative estimate of drug-likeness (QED) is 0.710. The van der Waals surface area contributed by atoms with Gasteiger partial charge in [-0.05, 0) is 6.42 Å². The van der Waals surface area contributed by atoms with Crippen LogP contribution in [-0.4, -0.2) is 42.6 Å². The van der Waals surface area contributed by atoms with E-state index in [1.165, 1.54) is 0 Å². The van der Waals surface area contributed by atoms with Gasteiger partial charge in [0.25, 0.3) is 0 Å². The lowest BCUT2D eigenvalue weighted by atomic mass is 10.1. The third-order valence-corrected chi connectivity index (χ3v) is 3.09. The van der Waals surface area contributed by atoms with E-state index in [0.29, 0.717) is 24.7 Å². The molecule has 1 rings (SSSR count). The summed E-state index contributed by atoms with van der Waals surface area (Å²) in [4.78, 5) is 14.0. The molecule has 0 saturated carbocycles. The highest BCUT2D eigenvalue weighted by Crippen LogP contribution is 2.15. The normalized spacial score (nSPS) is 22.4. The van der Waals surface area contributed by atoms with Crippen LogP contribution >= 0.6 is 12.2 Å². The fourth-order valence-electron chi connectivity index (χ4n) is 1.63. The Balaban J connectivity index is 2.41. The molecule has 2 atom stereocenters. The Labute approximate surface area is 95.8 Å². The first kappa shape index (κ1) is 12.4. The van der Waals surface area contributed by atoms with E-state index in [9.17, 15) is 4.79 Å². The Morgan fingerprint density at radius 2 is 2.40 bits per heavy atom. The summed E-state index contributed by atoms with van der Waals surface area (Å²) >= 11 is 4.87. The van der Waals surface area contributed by atoms with Crippen molar-refractivity contribution in [3.8, 4) is 0 Å². The summed E-state index contributed by atoms with van der Waals surface area (Å²) in [5.74, 6) is 0.223. The van der Waals surface area contributed by atoms with Crippen molar-refractivity contribution >= 4 is 23.1 Å². The van der Waals surface area contributed by atoms with Gasteiger partial charge in [0, 0.05) is 26.1 Å². The number of hydrogen-bond acceptors (Lipinski definition) is 3. The average molecular weight is 230 g/mol. The SMILES string of the molecule is CC(CN(C)C(=O)C1CCOC1)C(N)=S. The van der Waals surface area contributed by atoms with Crippen molar-refractivity contribution < 1.29 is 9.53 Å². The molecule has 0 radical (unpaired) electrons. The zero-order valence-corrected chi connectivity index (χ0v) is 10.0. The monoisotopic (exact) mass is 230 g/mol. The molecular formula is C10H18N2O2S. The van der Waals surface area contributed by atoms with Crippen LogP contribution in [0.5, 0.6) is 0 Å². The molecule has 1 amide bonds. The first-order chi connectivity index (χ1) is 7.02. The highest BCUT2D eigenvalue weighted by molar-refractivity contribution is 7.80. The van der Waals surface area contributed by atoms with E-state index < -0.39 is 0 Å². The highest BCUT2D eigenvalue weighted by atomic mass is 32.1. The van der Waals surface area contributed by atoms with Gasteiger partial charge in [-0.3, -0.25) is 4.79 Å². The maximum absolute atomic E-state index is 11.9. The molecule has 0 aromatic rings. The molecule has 1 heterocycles. The Bertz CT molecular complexity index is 252. The zero-order chi connectivity index (χ0) is 11.4. The maximum atomic E-state index is 11.9. The summed E-state index contributed by atoms with van der Waals surface area (Å²) in [5, 5.41) is 0. The Hall–Kier alpha value is -0.680. The van der Waals surface area contributed by atoms with Gasteiger partial charge in [-0.1, -0.05) is 19.1 Å². The number of rotatable bonds is 4. The van der Waals surface area contributed by atoms with E-state index >= 15 is 0 Å². The van der Waals surface area contributed by atoms with E-state index in [1.807, 2.05) is 6.92 Å². The number of hydrogen-bond donors (Lipinski definition) is 1. The van der Waals surface area contributed by atoms with Gasteiger partial charge >= 0.3 is 0 Å². The van der Waals surface area contributed by atoms with Crippen molar-refractivity contribution in [2.75, 3.05) is 26.8 Å². The minimum Gasteiger partial charge on any atom is -0.393 e. The largest absolute Gasteiger partial charge is 0.393 e. The molecule has 0 spiro atoms. The van der Waals surface area contributed by atoms with E-state index in [4.69, 9.17) is 22.7 Å². The van der Waals surface area contributed by atoms with Crippen LogP contribution < -0.4 is 5.73 Å². The number of nitrogens with two attached hydrogens (primary N) is 1. The first-order valence-corrected chi connectivity index (χ1v) is 5.55. The molecule has 2 unspecified atom stereocenters. The lowest BCUT2D eigenvalue weighted by Gasteiger charge is -2.23. The van der Waals surface area contributed by atoms with Crippen LogP contribution in [0.2, 0.25) is 0 Å². The minimum absolute atomic E-state index is 0.0218. The number of amides is 1. The molecule has 86 valence electrons. The van der Waals surface area contributed by atoms with Crippen LogP contribution in [0.1, 0.15) is 13.3 Å². The van der Waals surface area contributed by atoms with E-state index in [1.54, 1.807) is 11.9 Å². The van der Waals surface area contributed by atoms with Gasteiger partial charge in [0.15, 0.2) is 0 Å². The number of nitrogens with zero attached hydrogens (tertiary/aromatic N) is 1. The summed E-state index contributed by atoms with van der Waals surface area (Å²) in [5.41, 5.74) is 5.51. The molecule has 5 heteroatoms. The lowest BCUT2D eigenvalue weighted by Crippen LogP contribution is -2.38. The standard InChI is InChI=1S/C10H18N2O2S/c1-7(9(11)15)5-12(2)10(13)8-3-4-14-6-8/h7-8H,3-6H2,1-2H3,(H2,11,15). The molecule has 0 aromatic heterocycles. The number of ether oxygens (including phenoxy) is 1. The Kier molecular flexibility index (Phi) is 4.47. The number of carbonyl (C=O) groups excluding carboxylic acids is 1. The van der Waals surface area contributed by atoms with Crippen molar-refractivity contribution in [2.24, 2.45) is 17.6 Å². The van der Waals surface area contributed by atoms with Crippen LogP contribution in [0.25, 0.3) is 0 Å². The Morgan fingerprint density at radius 3 is 2.87 bits per heavy atom. The van der Waals surface area contributed by atoms with Gasteiger partial charge in [-0.2, -0.15) is 0 Å². The molecule has 0 aliphatic carbocycles. The summed E-state index contributed by atoms with van der Waals surface area (Å²) in [6, 6.07) is 0. The first-order valence-electron chi connectivity index (χ1n) is 5.14. The van der Waals surface area contributed by atoms with Crippen LogP contribution in [0.3, 0.4) is 0 Å². The van der Waals surface area contributed by atoms with E-state index in [-0.39, 0.29) is 17.7 Å². The van der Waals surface area contributed by atoms with Crippen LogP contribution in [0.4, 0.5) is 0 Å². The number of thiocarbonyl (C=S) groups is 1. The predicted molar refractivity (Wildman–Crippen MR) is 62.5 cm³/mol. The smallest absolute Gasteiger partial charge is 0.227 e. The topological polar surface area (TPSA) is 55.6 Å². The number of carbonyl (C=O) groups is 1. The van der Waals surface area contributed by atoms with Crippen molar-refractivity contribution in [2.45, 2.75) is 13.3 Å². The second kappa shape index (κ2) is 5.42. The van der Waals surface area contributed by atoms with Crippen molar-refractivity contribution in [1.82, 2.24) is 4.90 Å². The molecule has 1 saturated heterocycles. The molecule has 15 heavy (non-hydrogen) atoms. The van der Waals surface area contributed by atoms with E-state index in [0.717, 1.165) is 6.42 Å². The minimum atomic E-state index is 0.0218. The molecule has 0 bridgehead atoms. The Morgan fingerprint density at radius 1 is 1.73 bits per heavy atom. The van der Waals surface area contributed by atoms with Crippen molar-refractivity contribution in [3.63, 3.8) is 0 Å². The molecule has 1 aliphatic heterocycles. The van der Waals surface area contributed by atoms with Gasteiger partial charge in [-0.15, -0.1) is 0 Å². The second-order valence-corrected chi connectivity index (χ2v) is 4.55. The van der Waals surface area contributed by atoms with Crippen molar-refractivity contribution in [1.29, 1.82) is 0 Å². The summed E-state index contributed by atoms with van der Waals surface area (Å²) in [6.45, 7) is 3.75. The van der Waals surface area contributed by atoms with Gasteiger partial charge in [0.2, 0.25) is 5.91 Å². The highest BCUT2D eigenvalue weighted by Gasteiger charge is 2.26. The predicted octanol–water partition coefficient (Wildman–Crippen LogP) is 0.404. The van der Waals surface area contributed by atoms with E-state index in [2.05, 4.69) is 0 Å². The van der Waals surface area contributed by atoms with Crippen LogP contribution in [0.15, 0.2) is 0 Å². The zero-order valence-electron chi connectivity index (χ0n) is 9.23. The van der Waals surface area contributed by atoms with Gasteiger partial charge in [-0.25, -0.2) is 0 Å². The fraction of sp³-hybridized carbons (Fsp3) is 0.800. The average Bonchev–Trinajstić information content (AvgIpc) is 2.68. The molecular weight excluding hydrogens is 212 g/mol.